The van der Waals surface area contributed by atoms with Crippen LogP contribution in [0.1, 0.15) is 65.9 Å². The van der Waals surface area contributed by atoms with Crippen LogP contribution >= 0.6 is 11.3 Å². The summed E-state index contributed by atoms with van der Waals surface area (Å²) in [5.74, 6) is 0.575. The van der Waals surface area contributed by atoms with Gasteiger partial charge in [-0.15, -0.1) is 11.3 Å². The Morgan fingerprint density at radius 1 is 1.21 bits per heavy atom. The van der Waals surface area contributed by atoms with Crippen LogP contribution in [0.2, 0.25) is 0 Å². The van der Waals surface area contributed by atoms with Crippen molar-refractivity contribution >= 4 is 28.8 Å². The number of nitrogens with one attached hydrogen (secondary N) is 2. The standard InChI is InChI=1S/C19H22N2O2S/c1-3-17(22)21-15-8-6-13(7-9-15)12(2)20-19(23)18-16(10-11-24-18)14-4-5-14/h6-12,14H,3-5H2,1-2H3,(H,20,23)(H,21,22). The summed E-state index contributed by atoms with van der Waals surface area (Å²) in [6, 6.07) is 9.60. The topological polar surface area (TPSA) is 58.2 Å². The van der Waals surface area contributed by atoms with Gasteiger partial charge in [-0.1, -0.05) is 19.1 Å². The zero-order valence-electron chi connectivity index (χ0n) is 14.0. The third kappa shape index (κ3) is 3.85. The Kier molecular flexibility index (Phi) is 5.00. The Morgan fingerprint density at radius 2 is 1.92 bits per heavy atom. The molecule has 1 aromatic carbocycles. The molecule has 1 unspecified atom stereocenters. The highest BCUT2D eigenvalue weighted by Gasteiger charge is 2.29. The second-order valence-electron chi connectivity index (χ2n) is 6.20. The Hall–Kier alpha value is -2.14. The molecule has 2 N–H and O–H groups in total. The van der Waals surface area contributed by atoms with Crippen molar-refractivity contribution < 1.29 is 9.59 Å². The van der Waals surface area contributed by atoms with Gasteiger partial charge >= 0.3 is 0 Å². The molecule has 0 bridgehead atoms. The molecule has 1 atom stereocenters. The molecule has 1 aliphatic carbocycles. The summed E-state index contributed by atoms with van der Waals surface area (Å²) < 4.78 is 0. The van der Waals surface area contributed by atoms with Gasteiger partial charge in [0.1, 0.15) is 0 Å². The van der Waals surface area contributed by atoms with Crippen molar-refractivity contribution in [1.29, 1.82) is 0 Å². The molecule has 1 heterocycles. The van der Waals surface area contributed by atoms with Crippen molar-refractivity contribution in [2.24, 2.45) is 0 Å². The second kappa shape index (κ2) is 7.18. The van der Waals surface area contributed by atoms with Crippen molar-refractivity contribution in [3.05, 3.63) is 51.7 Å². The van der Waals surface area contributed by atoms with Gasteiger partial charge in [-0.2, -0.15) is 0 Å². The zero-order valence-corrected chi connectivity index (χ0v) is 14.8. The van der Waals surface area contributed by atoms with Crippen LogP contribution in [0.4, 0.5) is 5.69 Å². The molecule has 0 aliphatic heterocycles. The number of hydrogen-bond acceptors (Lipinski definition) is 3. The SMILES string of the molecule is CCC(=O)Nc1ccc(C(C)NC(=O)c2sccc2C2CC2)cc1. The highest BCUT2D eigenvalue weighted by molar-refractivity contribution is 7.12. The highest BCUT2D eigenvalue weighted by atomic mass is 32.1. The van der Waals surface area contributed by atoms with Crippen molar-refractivity contribution in [3.63, 3.8) is 0 Å². The average molecular weight is 342 g/mol. The minimum atomic E-state index is -0.0809. The van der Waals surface area contributed by atoms with Crippen LogP contribution in [0.25, 0.3) is 0 Å². The molecule has 0 spiro atoms. The lowest BCUT2D eigenvalue weighted by Gasteiger charge is -2.15. The highest BCUT2D eigenvalue weighted by Crippen LogP contribution is 2.43. The van der Waals surface area contributed by atoms with E-state index in [1.165, 1.54) is 29.7 Å². The maximum Gasteiger partial charge on any atom is 0.262 e. The summed E-state index contributed by atoms with van der Waals surface area (Å²) in [4.78, 5) is 24.8. The van der Waals surface area contributed by atoms with Crippen LogP contribution in [0.5, 0.6) is 0 Å². The van der Waals surface area contributed by atoms with Crippen molar-refractivity contribution in [1.82, 2.24) is 5.32 Å². The van der Waals surface area contributed by atoms with E-state index in [1.807, 2.05) is 43.5 Å². The second-order valence-corrected chi connectivity index (χ2v) is 7.11. The first kappa shape index (κ1) is 16.7. The van der Waals surface area contributed by atoms with E-state index >= 15 is 0 Å². The predicted molar refractivity (Wildman–Crippen MR) is 97.5 cm³/mol. The van der Waals surface area contributed by atoms with Crippen LogP contribution in [0.3, 0.4) is 0 Å². The average Bonchev–Trinajstić information content (AvgIpc) is 3.31. The van der Waals surface area contributed by atoms with Crippen LogP contribution < -0.4 is 10.6 Å². The van der Waals surface area contributed by atoms with Crippen molar-refractivity contribution in [3.8, 4) is 0 Å². The third-order valence-corrected chi connectivity index (χ3v) is 5.21. The minimum Gasteiger partial charge on any atom is -0.345 e. The molecule has 126 valence electrons. The van der Waals surface area contributed by atoms with Crippen molar-refractivity contribution in [2.45, 2.75) is 45.1 Å². The van der Waals surface area contributed by atoms with Gasteiger partial charge in [-0.25, -0.2) is 0 Å². The molecule has 1 fully saturated rings. The molecule has 1 aromatic heterocycles. The number of anilines is 1. The Morgan fingerprint density at radius 3 is 2.54 bits per heavy atom. The molecule has 4 nitrogen and oxygen atoms in total. The zero-order chi connectivity index (χ0) is 17.1. The van der Waals surface area contributed by atoms with E-state index < -0.39 is 0 Å². The summed E-state index contributed by atoms with van der Waals surface area (Å²) in [6.45, 7) is 3.80. The molecular weight excluding hydrogens is 320 g/mol. The number of rotatable bonds is 6. The van der Waals surface area contributed by atoms with Crippen LogP contribution in [0, 0.1) is 0 Å². The lowest BCUT2D eigenvalue weighted by atomic mass is 10.1. The first-order chi connectivity index (χ1) is 11.6. The maximum absolute atomic E-state index is 12.5. The molecule has 2 amide bonds. The molecule has 5 heteroatoms. The van der Waals surface area contributed by atoms with Gasteiger partial charge in [0.05, 0.1) is 10.9 Å². The fourth-order valence-corrected chi connectivity index (χ4v) is 3.56. The first-order valence-corrected chi connectivity index (χ1v) is 9.24. The van der Waals surface area contributed by atoms with E-state index in [9.17, 15) is 9.59 Å². The molecular formula is C19H22N2O2S. The van der Waals surface area contributed by atoms with Gasteiger partial charge < -0.3 is 10.6 Å². The van der Waals surface area contributed by atoms with E-state index in [0.29, 0.717) is 12.3 Å². The first-order valence-electron chi connectivity index (χ1n) is 8.36. The van der Waals surface area contributed by atoms with Gasteiger partial charge in [0.25, 0.3) is 5.91 Å². The van der Waals surface area contributed by atoms with Gasteiger partial charge in [0.2, 0.25) is 5.91 Å². The predicted octanol–water partition coefficient (Wildman–Crippen LogP) is 4.47. The third-order valence-electron chi connectivity index (χ3n) is 4.28. The maximum atomic E-state index is 12.5. The van der Waals surface area contributed by atoms with E-state index in [-0.39, 0.29) is 17.9 Å². The largest absolute Gasteiger partial charge is 0.345 e. The van der Waals surface area contributed by atoms with Crippen LogP contribution in [-0.4, -0.2) is 11.8 Å². The Balaban J connectivity index is 1.63. The fraction of sp³-hybridized carbons (Fsp3) is 0.368. The molecule has 0 radical (unpaired) electrons. The van der Waals surface area contributed by atoms with E-state index in [1.54, 1.807) is 0 Å². The van der Waals surface area contributed by atoms with Gasteiger partial charge in [-0.3, -0.25) is 9.59 Å². The van der Waals surface area contributed by atoms with Crippen LogP contribution in [-0.2, 0) is 4.79 Å². The monoisotopic (exact) mass is 342 g/mol. The number of thiophene rings is 1. The number of carbonyl (C=O) groups is 2. The number of carbonyl (C=O) groups excluding carboxylic acids is 2. The van der Waals surface area contributed by atoms with Gasteiger partial charge in [-0.05, 0) is 60.4 Å². The minimum absolute atomic E-state index is 0.00256. The normalized spacial score (nSPS) is 14.9. The Bertz CT molecular complexity index is 732. The van der Waals surface area contributed by atoms with E-state index in [0.717, 1.165) is 16.1 Å². The van der Waals surface area contributed by atoms with Crippen molar-refractivity contribution in [2.75, 3.05) is 5.32 Å². The van der Waals surface area contributed by atoms with E-state index in [4.69, 9.17) is 0 Å². The molecule has 24 heavy (non-hydrogen) atoms. The lowest BCUT2D eigenvalue weighted by Crippen LogP contribution is -2.26. The molecule has 2 aromatic rings. The Labute approximate surface area is 146 Å². The number of benzene rings is 1. The number of hydrogen-bond donors (Lipinski definition) is 2. The molecule has 3 rings (SSSR count). The summed E-state index contributed by atoms with van der Waals surface area (Å²) in [6.07, 6.45) is 2.84. The number of amides is 2. The quantitative estimate of drug-likeness (QED) is 0.814. The summed E-state index contributed by atoms with van der Waals surface area (Å²) in [7, 11) is 0. The van der Waals surface area contributed by atoms with Crippen LogP contribution in [0.15, 0.2) is 35.7 Å². The van der Waals surface area contributed by atoms with E-state index in [2.05, 4.69) is 16.7 Å². The summed E-state index contributed by atoms with van der Waals surface area (Å²) in [5, 5.41) is 7.90. The van der Waals surface area contributed by atoms with Gasteiger partial charge in [0, 0.05) is 12.1 Å². The molecule has 0 saturated heterocycles. The smallest absolute Gasteiger partial charge is 0.262 e. The fourth-order valence-electron chi connectivity index (χ4n) is 2.67. The van der Waals surface area contributed by atoms with Gasteiger partial charge in [0.15, 0.2) is 0 Å². The molecule has 1 aliphatic rings. The summed E-state index contributed by atoms with van der Waals surface area (Å²) in [5.41, 5.74) is 2.99. The lowest BCUT2D eigenvalue weighted by molar-refractivity contribution is -0.115. The summed E-state index contributed by atoms with van der Waals surface area (Å²) >= 11 is 1.52. The molecule has 1 saturated carbocycles.